The maximum Gasteiger partial charge on any atom is 0.346 e. The molecule has 0 aromatic heterocycles. The monoisotopic (exact) mass is 936 g/mol. The van der Waals surface area contributed by atoms with Crippen molar-refractivity contribution in [1.82, 2.24) is 0 Å². The smallest absolute Gasteiger partial charge is 0.346 e. The van der Waals surface area contributed by atoms with Crippen LogP contribution in [0.4, 0.5) is 0 Å². The van der Waals surface area contributed by atoms with Crippen molar-refractivity contribution in [3.05, 3.63) is 135 Å². The third-order valence-corrected chi connectivity index (χ3v) is 19.3. The van der Waals surface area contributed by atoms with Gasteiger partial charge in [0.2, 0.25) is 0 Å². The molecular weight excluding hydrogens is 869 g/mol. The number of ether oxygens (including phenoxy) is 2. The molecule has 0 radical (unpaired) electrons. The molecule has 6 aliphatic rings. The molecule has 10 rings (SSSR count). The summed E-state index contributed by atoms with van der Waals surface area (Å²) in [5, 5.41) is 10.3. The molecule has 10 atom stereocenters. The average Bonchev–Trinajstić information content (AvgIpc) is 3.94. The first kappa shape index (κ1) is 47.5. The van der Waals surface area contributed by atoms with E-state index in [1.165, 1.54) is 68.9 Å². The van der Waals surface area contributed by atoms with Gasteiger partial charge in [0.1, 0.15) is 12.7 Å². The minimum atomic E-state index is -0.901. The second-order valence-electron chi connectivity index (χ2n) is 23.2. The van der Waals surface area contributed by atoms with Crippen molar-refractivity contribution in [1.29, 1.82) is 0 Å². The molecule has 10 nitrogen and oxygen atoms in total. The van der Waals surface area contributed by atoms with Gasteiger partial charge >= 0.3 is 23.9 Å². The normalized spacial score (nSPS) is 30.7. The minimum absolute atomic E-state index is 0.0620. The Kier molecular flexibility index (Phi) is 12.3. The van der Waals surface area contributed by atoms with Gasteiger partial charge in [-0.1, -0.05) is 116 Å². The first-order valence-corrected chi connectivity index (χ1v) is 25.6. The fraction of sp³-hybridized carbons (Fsp3) is 0.525. The van der Waals surface area contributed by atoms with Crippen LogP contribution in [0.25, 0.3) is 0 Å². The zero-order valence-corrected chi connectivity index (χ0v) is 41.3. The third kappa shape index (κ3) is 7.79. The van der Waals surface area contributed by atoms with Crippen LogP contribution < -0.4 is 4.89 Å². The van der Waals surface area contributed by atoms with E-state index in [4.69, 9.17) is 24.1 Å². The van der Waals surface area contributed by atoms with Gasteiger partial charge in [-0.05, 0) is 173 Å². The van der Waals surface area contributed by atoms with Gasteiger partial charge in [-0.15, -0.1) is 0 Å². The van der Waals surface area contributed by atoms with Crippen LogP contribution in [0.2, 0.25) is 0 Å². The van der Waals surface area contributed by atoms with Crippen molar-refractivity contribution in [2.24, 2.45) is 57.7 Å². The van der Waals surface area contributed by atoms with Crippen molar-refractivity contribution < 1.29 is 48.6 Å². The largest absolute Gasteiger partial charge is 0.386 e. The quantitative estimate of drug-likeness (QED) is 0.0563. The van der Waals surface area contributed by atoms with Gasteiger partial charge in [0.15, 0.2) is 5.75 Å². The topological polar surface area (TPSA) is 135 Å². The molecule has 10 heteroatoms. The van der Waals surface area contributed by atoms with Crippen molar-refractivity contribution >= 4 is 23.9 Å². The molecule has 10 unspecified atom stereocenters. The molecule has 1 N–H and O–H groups in total. The molecule has 4 fully saturated rings. The highest BCUT2D eigenvalue weighted by atomic mass is 17.2. The minimum Gasteiger partial charge on any atom is -0.386 e. The van der Waals surface area contributed by atoms with E-state index in [2.05, 4.69) is 72.7 Å². The lowest BCUT2D eigenvalue weighted by atomic mass is 9.36. The first-order valence-electron chi connectivity index (χ1n) is 25.6. The van der Waals surface area contributed by atoms with Crippen LogP contribution in [-0.4, -0.2) is 29.1 Å². The molecule has 0 bridgehead atoms. The molecule has 4 aliphatic carbocycles. The van der Waals surface area contributed by atoms with E-state index in [0.717, 1.165) is 42.4 Å². The number of hydrogen-bond donors (Lipinski definition) is 1. The lowest BCUT2D eigenvalue weighted by Crippen LogP contribution is -2.62. The Bertz CT molecular complexity index is 2650. The summed E-state index contributed by atoms with van der Waals surface area (Å²) in [6.45, 7) is 17.7. The number of carbonyl (C=O) groups is 4. The molecule has 0 spiro atoms. The Labute approximate surface area is 406 Å². The number of benzene rings is 4. The molecule has 364 valence electrons. The van der Waals surface area contributed by atoms with Gasteiger partial charge in [-0.25, -0.2) is 24.1 Å². The molecular formula is C59H68O10. The van der Waals surface area contributed by atoms with Crippen LogP contribution >= 0.6 is 0 Å². The van der Waals surface area contributed by atoms with E-state index >= 15 is 0 Å². The van der Waals surface area contributed by atoms with Gasteiger partial charge in [0.25, 0.3) is 0 Å². The number of rotatable bonds is 14. The van der Waals surface area contributed by atoms with Gasteiger partial charge in [-0.2, -0.15) is 4.89 Å². The van der Waals surface area contributed by atoms with Crippen molar-refractivity contribution in [2.45, 2.75) is 137 Å². The molecule has 0 amide bonds. The summed E-state index contributed by atoms with van der Waals surface area (Å²) in [6, 6.07) is 26.4. The highest BCUT2D eigenvalue weighted by Crippen LogP contribution is 2.73. The standard InChI is InChI=1S/C59H68O10/c1-34(2)9-8-10-35(3)47-24-25-48-44-23-26-50-56(4,5)59(30-29-58(50,7)49(44)27-28-57(47,48)6,39-15-12-37(13-16-39)51(68-64)38-14-22-43-46(32-38)55(63)67-53(43)61)40-17-19-41(20-18-40)69-65-33-36-11-21-42-45(31-36)54(62)66-52(42)60/h11-22,31-32,34-35,44,47-51,64H,8-10,23-30,33H2,1-7H3. The molecule has 4 aromatic rings. The van der Waals surface area contributed by atoms with E-state index in [0.29, 0.717) is 39.7 Å². The first-order chi connectivity index (χ1) is 33.0. The SMILES string of the molecule is CC(C)CCCC(C)C1CCC2C3CCC4C(C)(CCC(c5ccc(OOCc6ccc7c(c6)C(=O)OC7=O)cc5)(c5ccc(C(OO)c6ccc7c(c6)C(=O)OC7=O)cc5)C4(C)C)C3CCC12C. The van der Waals surface area contributed by atoms with E-state index in [9.17, 15) is 24.4 Å². The summed E-state index contributed by atoms with van der Waals surface area (Å²) in [5.74, 6) is 2.92. The lowest BCUT2D eigenvalue weighted by Gasteiger charge is -2.68. The summed E-state index contributed by atoms with van der Waals surface area (Å²) < 4.78 is 9.58. The van der Waals surface area contributed by atoms with E-state index in [1.807, 2.05) is 24.3 Å². The zero-order valence-electron chi connectivity index (χ0n) is 41.3. The summed E-state index contributed by atoms with van der Waals surface area (Å²) in [7, 11) is 0. The lowest BCUT2D eigenvalue weighted by molar-refractivity contribution is -0.270. The number of hydrogen-bond acceptors (Lipinski definition) is 10. The Morgan fingerprint density at radius 2 is 1.23 bits per heavy atom. The number of esters is 4. The Hall–Kier alpha value is -5.16. The summed E-state index contributed by atoms with van der Waals surface area (Å²) in [4.78, 5) is 65.4. The number of cyclic esters (lactones) is 4. The van der Waals surface area contributed by atoms with E-state index in [-0.39, 0.29) is 39.7 Å². The predicted molar refractivity (Wildman–Crippen MR) is 259 cm³/mol. The number of carbonyl (C=O) groups excluding carboxylic acids is 4. The Morgan fingerprint density at radius 3 is 1.90 bits per heavy atom. The van der Waals surface area contributed by atoms with Crippen LogP contribution in [0.3, 0.4) is 0 Å². The fourth-order valence-electron chi connectivity index (χ4n) is 16.0. The molecule has 4 aromatic carbocycles. The summed E-state index contributed by atoms with van der Waals surface area (Å²) in [5.41, 5.74) is 5.12. The van der Waals surface area contributed by atoms with Gasteiger partial charge in [0, 0.05) is 5.41 Å². The van der Waals surface area contributed by atoms with Crippen LogP contribution in [0.1, 0.15) is 194 Å². The Morgan fingerprint density at radius 1 is 0.623 bits per heavy atom. The number of fused-ring (bicyclic) bond motifs is 7. The molecule has 2 heterocycles. The van der Waals surface area contributed by atoms with Crippen LogP contribution in [0.5, 0.6) is 5.75 Å². The third-order valence-electron chi connectivity index (χ3n) is 19.3. The Balaban J connectivity index is 0.940. The van der Waals surface area contributed by atoms with Gasteiger partial charge in [-0.3, -0.25) is 5.26 Å². The van der Waals surface area contributed by atoms with Crippen molar-refractivity contribution in [3.8, 4) is 5.75 Å². The predicted octanol–water partition coefficient (Wildman–Crippen LogP) is 13.4. The summed E-state index contributed by atoms with van der Waals surface area (Å²) in [6.07, 6.45) is 13.1. The molecule has 69 heavy (non-hydrogen) atoms. The van der Waals surface area contributed by atoms with Gasteiger partial charge < -0.3 is 14.4 Å². The zero-order chi connectivity index (χ0) is 48.6. The maximum absolute atomic E-state index is 12.5. The van der Waals surface area contributed by atoms with Crippen molar-refractivity contribution in [3.63, 3.8) is 0 Å². The van der Waals surface area contributed by atoms with Crippen LogP contribution in [-0.2, 0) is 31.3 Å². The average molecular weight is 937 g/mol. The molecule has 4 saturated carbocycles. The van der Waals surface area contributed by atoms with E-state index in [1.54, 1.807) is 36.4 Å². The van der Waals surface area contributed by atoms with Crippen LogP contribution in [0, 0.1) is 57.7 Å². The second kappa shape index (κ2) is 17.9. The van der Waals surface area contributed by atoms with Gasteiger partial charge in [0.05, 0.1) is 22.3 Å². The van der Waals surface area contributed by atoms with Crippen LogP contribution in [0.15, 0.2) is 84.9 Å². The maximum atomic E-state index is 12.5. The highest BCUT2D eigenvalue weighted by Gasteiger charge is 2.66. The molecule has 2 aliphatic heterocycles. The second-order valence-corrected chi connectivity index (χ2v) is 23.2. The molecule has 0 saturated heterocycles. The highest BCUT2D eigenvalue weighted by molar-refractivity contribution is 6.15. The summed E-state index contributed by atoms with van der Waals surface area (Å²) >= 11 is 0. The van der Waals surface area contributed by atoms with Crippen molar-refractivity contribution in [2.75, 3.05) is 0 Å². The van der Waals surface area contributed by atoms with E-state index < -0.39 is 35.4 Å². The fourth-order valence-corrected chi connectivity index (χ4v) is 16.0.